The molecule has 2 aromatic rings. The number of carbonyl (C=O) groups excluding carboxylic acids is 1. The zero-order valence-corrected chi connectivity index (χ0v) is 14.7. The van der Waals surface area contributed by atoms with E-state index in [-0.39, 0.29) is 17.8 Å². The number of nitrogens with zero attached hydrogens (tertiary/aromatic N) is 1. The summed E-state index contributed by atoms with van der Waals surface area (Å²) in [6.45, 7) is 0.464. The second-order valence-electron chi connectivity index (χ2n) is 5.89. The van der Waals surface area contributed by atoms with Crippen molar-refractivity contribution in [3.8, 4) is 5.75 Å². The lowest BCUT2D eigenvalue weighted by Crippen LogP contribution is -2.33. The topological polar surface area (TPSA) is 41.6 Å². The van der Waals surface area contributed by atoms with Crippen molar-refractivity contribution in [2.45, 2.75) is 6.04 Å². The Balaban J connectivity index is 1.96. The van der Waals surface area contributed by atoms with Crippen LogP contribution >= 0.6 is 0 Å². The third-order valence-electron chi connectivity index (χ3n) is 3.87. The first kappa shape index (κ1) is 18.7. The normalized spacial score (nSPS) is 12.4. The zero-order valence-electron chi connectivity index (χ0n) is 14.7. The molecule has 2 rings (SSSR count). The van der Waals surface area contributed by atoms with Crippen molar-refractivity contribution in [3.05, 3.63) is 71.6 Å². The Morgan fingerprint density at radius 2 is 1.96 bits per heavy atom. The van der Waals surface area contributed by atoms with Crippen LogP contribution < -0.4 is 10.1 Å². The van der Waals surface area contributed by atoms with Crippen molar-refractivity contribution in [2.24, 2.45) is 0 Å². The van der Waals surface area contributed by atoms with Crippen molar-refractivity contribution < 1.29 is 13.9 Å². The van der Waals surface area contributed by atoms with E-state index in [0.717, 1.165) is 11.3 Å². The number of hydrogen-bond donors (Lipinski definition) is 1. The Morgan fingerprint density at radius 3 is 2.56 bits per heavy atom. The fourth-order valence-electron chi connectivity index (χ4n) is 2.46. The number of amides is 1. The fraction of sp³-hybridized carbons (Fsp3) is 0.250. The molecule has 0 aliphatic rings. The van der Waals surface area contributed by atoms with Crippen molar-refractivity contribution >= 4 is 12.0 Å². The molecule has 0 radical (unpaired) electrons. The highest BCUT2D eigenvalue weighted by atomic mass is 19.1. The lowest BCUT2D eigenvalue weighted by Gasteiger charge is -2.25. The maximum atomic E-state index is 13.1. The predicted molar refractivity (Wildman–Crippen MR) is 97.9 cm³/mol. The van der Waals surface area contributed by atoms with E-state index in [2.05, 4.69) is 5.32 Å². The molecule has 0 aromatic heterocycles. The van der Waals surface area contributed by atoms with Gasteiger partial charge in [0.05, 0.1) is 13.2 Å². The van der Waals surface area contributed by atoms with E-state index in [1.807, 2.05) is 43.3 Å². The summed E-state index contributed by atoms with van der Waals surface area (Å²) in [7, 11) is 5.55. The quantitative estimate of drug-likeness (QED) is 0.785. The van der Waals surface area contributed by atoms with Crippen molar-refractivity contribution in [1.29, 1.82) is 0 Å². The molecule has 2 aromatic carbocycles. The van der Waals surface area contributed by atoms with E-state index in [1.165, 1.54) is 18.2 Å². The molecule has 0 saturated carbocycles. The van der Waals surface area contributed by atoms with Crippen LogP contribution in [0, 0.1) is 5.82 Å². The molecule has 0 bridgehead atoms. The van der Waals surface area contributed by atoms with Crippen LogP contribution in [-0.2, 0) is 4.79 Å². The van der Waals surface area contributed by atoms with Gasteiger partial charge < -0.3 is 15.0 Å². The van der Waals surface area contributed by atoms with E-state index in [1.54, 1.807) is 25.3 Å². The van der Waals surface area contributed by atoms with Crippen molar-refractivity contribution in [3.63, 3.8) is 0 Å². The summed E-state index contributed by atoms with van der Waals surface area (Å²) < 4.78 is 18.3. The summed E-state index contributed by atoms with van der Waals surface area (Å²) in [5, 5.41) is 2.88. The Morgan fingerprint density at radius 1 is 1.24 bits per heavy atom. The van der Waals surface area contributed by atoms with Crippen LogP contribution in [0.4, 0.5) is 4.39 Å². The van der Waals surface area contributed by atoms with E-state index in [9.17, 15) is 9.18 Å². The molecule has 5 heteroatoms. The molecule has 0 fully saturated rings. The minimum atomic E-state index is -0.324. The molecular formula is C20H23FN2O2. The van der Waals surface area contributed by atoms with Gasteiger partial charge in [-0.25, -0.2) is 4.39 Å². The summed E-state index contributed by atoms with van der Waals surface area (Å²) in [4.78, 5) is 14.1. The number of methoxy groups -OCH3 is 1. The van der Waals surface area contributed by atoms with E-state index in [4.69, 9.17) is 4.74 Å². The van der Waals surface area contributed by atoms with Gasteiger partial charge in [0.15, 0.2) is 0 Å². The average Bonchev–Trinajstić information content (AvgIpc) is 2.60. The monoisotopic (exact) mass is 342 g/mol. The van der Waals surface area contributed by atoms with Gasteiger partial charge in [-0.05, 0) is 55.6 Å². The molecule has 0 aliphatic heterocycles. The molecule has 1 amide bonds. The largest absolute Gasteiger partial charge is 0.497 e. The van der Waals surface area contributed by atoms with Crippen LogP contribution in [0.5, 0.6) is 5.75 Å². The SMILES string of the molecule is COc1ccc(C(CNC(=O)/C=C/c2cccc(F)c2)N(C)C)cc1. The molecule has 1 N–H and O–H groups in total. The van der Waals surface area contributed by atoms with Gasteiger partial charge in [0.2, 0.25) is 5.91 Å². The second-order valence-corrected chi connectivity index (χ2v) is 5.89. The lowest BCUT2D eigenvalue weighted by molar-refractivity contribution is -0.116. The lowest BCUT2D eigenvalue weighted by atomic mass is 10.1. The van der Waals surface area contributed by atoms with Gasteiger partial charge in [0.1, 0.15) is 11.6 Å². The summed E-state index contributed by atoms with van der Waals surface area (Å²) in [5.41, 5.74) is 1.73. The number of carbonyl (C=O) groups is 1. The van der Waals surface area contributed by atoms with Crippen LogP contribution in [0.2, 0.25) is 0 Å². The molecule has 1 atom stereocenters. The molecule has 25 heavy (non-hydrogen) atoms. The van der Waals surface area contributed by atoms with Crippen LogP contribution in [0.1, 0.15) is 17.2 Å². The molecule has 0 aliphatic carbocycles. The number of halogens is 1. The zero-order chi connectivity index (χ0) is 18.2. The molecule has 1 unspecified atom stereocenters. The van der Waals surface area contributed by atoms with E-state index >= 15 is 0 Å². The number of benzene rings is 2. The predicted octanol–water partition coefficient (Wildman–Crippen LogP) is 3.27. The molecule has 0 saturated heterocycles. The van der Waals surface area contributed by atoms with E-state index < -0.39 is 0 Å². The summed E-state index contributed by atoms with van der Waals surface area (Å²) in [6, 6.07) is 13.9. The van der Waals surface area contributed by atoms with Crippen LogP contribution in [0.15, 0.2) is 54.6 Å². The first-order valence-corrected chi connectivity index (χ1v) is 8.01. The number of nitrogens with one attached hydrogen (secondary N) is 1. The minimum Gasteiger partial charge on any atom is -0.497 e. The Kier molecular flexibility index (Phi) is 6.71. The number of hydrogen-bond acceptors (Lipinski definition) is 3. The highest BCUT2D eigenvalue weighted by Gasteiger charge is 2.14. The highest BCUT2D eigenvalue weighted by molar-refractivity contribution is 5.91. The first-order chi connectivity index (χ1) is 12.0. The fourth-order valence-corrected chi connectivity index (χ4v) is 2.46. The number of rotatable bonds is 7. The summed E-state index contributed by atoms with van der Waals surface area (Å²) in [6.07, 6.45) is 3.01. The van der Waals surface area contributed by atoms with Gasteiger partial charge in [-0.2, -0.15) is 0 Å². The summed E-state index contributed by atoms with van der Waals surface area (Å²) in [5.74, 6) is 0.252. The van der Waals surface area contributed by atoms with Gasteiger partial charge in [-0.3, -0.25) is 4.79 Å². The molecule has 4 nitrogen and oxygen atoms in total. The average molecular weight is 342 g/mol. The van der Waals surface area contributed by atoms with Gasteiger partial charge >= 0.3 is 0 Å². The smallest absolute Gasteiger partial charge is 0.244 e. The maximum absolute atomic E-state index is 13.1. The van der Waals surface area contributed by atoms with Gasteiger partial charge in [-0.1, -0.05) is 24.3 Å². The maximum Gasteiger partial charge on any atom is 0.244 e. The second kappa shape index (κ2) is 8.99. The third kappa shape index (κ3) is 5.72. The molecule has 0 spiro atoms. The minimum absolute atomic E-state index is 0.0393. The van der Waals surface area contributed by atoms with Gasteiger partial charge in [-0.15, -0.1) is 0 Å². The van der Waals surface area contributed by atoms with Crippen molar-refractivity contribution in [2.75, 3.05) is 27.7 Å². The van der Waals surface area contributed by atoms with Crippen LogP contribution in [0.3, 0.4) is 0 Å². The molecule has 132 valence electrons. The van der Waals surface area contributed by atoms with Gasteiger partial charge in [0.25, 0.3) is 0 Å². The Hall–Kier alpha value is -2.66. The van der Waals surface area contributed by atoms with Crippen LogP contribution in [0.25, 0.3) is 6.08 Å². The van der Waals surface area contributed by atoms with Gasteiger partial charge in [0, 0.05) is 12.6 Å². The number of likely N-dealkylation sites (N-methyl/N-ethyl adjacent to an activating group) is 1. The highest BCUT2D eigenvalue weighted by Crippen LogP contribution is 2.20. The number of ether oxygens (including phenoxy) is 1. The first-order valence-electron chi connectivity index (χ1n) is 8.01. The van der Waals surface area contributed by atoms with Crippen molar-refractivity contribution in [1.82, 2.24) is 10.2 Å². The Labute approximate surface area is 147 Å². The molecular weight excluding hydrogens is 319 g/mol. The standard InChI is InChI=1S/C20H23FN2O2/c1-23(2)19(16-8-10-18(25-3)11-9-16)14-22-20(24)12-7-15-5-4-6-17(21)13-15/h4-13,19H,14H2,1-3H3,(H,22,24)/b12-7+. The third-order valence-corrected chi connectivity index (χ3v) is 3.87. The Bertz CT molecular complexity index is 727. The summed E-state index contributed by atoms with van der Waals surface area (Å²) >= 11 is 0. The molecule has 0 heterocycles. The van der Waals surface area contributed by atoms with Crippen LogP contribution in [-0.4, -0.2) is 38.6 Å². The van der Waals surface area contributed by atoms with E-state index in [0.29, 0.717) is 12.1 Å².